The Balaban J connectivity index is 1.67. The molecule has 2 unspecified atom stereocenters. The predicted octanol–water partition coefficient (Wildman–Crippen LogP) is 11.8. The maximum absolute atomic E-state index is 11.2. The van der Waals surface area contributed by atoms with Gasteiger partial charge in [0, 0.05) is 11.0 Å². The molecule has 2 atom stereocenters. The maximum atomic E-state index is 11.2. The molecular formula is C40H59O4P. The number of aromatic hydroxyl groups is 1. The lowest BCUT2D eigenvalue weighted by Crippen LogP contribution is -2.31. The minimum atomic E-state index is -1.66. The van der Waals surface area contributed by atoms with Gasteiger partial charge in [-0.05, 0) is 89.2 Å². The predicted molar refractivity (Wildman–Crippen MR) is 190 cm³/mol. The summed E-state index contributed by atoms with van der Waals surface area (Å²) >= 11 is 0. The highest BCUT2D eigenvalue weighted by Crippen LogP contribution is 2.56. The van der Waals surface area contributed by atoms with Crippen LogP contribution in [-0.2, 0) is 30.8 Å². The summed E-state index contributed by atoms with van der Waals surface area (Å²) in [6.07, 6.45) is 10.4. The van der Waals surface area contributed by atoms with E-state index in [9.17, 15) is 5.11 Å². The Labute approximate surface area is 275 Å². The number of aryl methyl sites for hydroxylation is 1. The van der Waals surface area contributed by atoms with Crippen molar-refractivity contribution < 1.29 is 18.7 Å². The summed E-state index contributed by atoms with van der Waals surface area (Å²) in [5, 5.41) is 11.2. The first-order valence-electron chi connectivity index (χ1n) is 16.8. The summed E-state index contributed by atoms with van der Waals surface area (Å²) in [7, 11) is -1.66. The van der Waals surface area contributed by atoms with E-state index in [0.29, 0.717) is 12.4 Å². The van der Waals surface area contributed by atoms with Gasteiger partial charge >= 0.3 is 8.60 Å². The maximum Gasteiger partial charge on any atom is 0.397 e. The van der Waals surface area contributed by atoms with Crippen LogP contribution < -0.4 is 0 Å². The summed E-state index contributed by atoms with van der Waals surface area (Å²) in [5.41, 5.74) is 10.3. The van der Waals surface area contributed by atoms with Gasteiger partial charge in [-0.1, -0.05) is 125 Å². The van der Waals surface area contributed by atoms with Crippen LogP contribution in [0.5, 0.6) is 5.75 Å². The minimum absolute atomic E-state index is 0.0717. The van der Waals surface area contributed by atoms with Gasteiger partial charge in [0.2, 0.25) is 0 Å². The number of rotatable bonds is 5. The van der Waals surface area contributed by atoms with E-state index in [1.165, 1.54) is 39.0 Å². The van der Waals surface area contributed by atoms with E-state index in [1.807, 2.05) is 0 Å². The average molecular weight is 635 g/mol. The molecule has 45 heavy (non-hydrogen) atoms. The van der Waals surface area contributed by atoms with Crippen LogP contribution in [0.1, 0.15) is 133 Å². The lowest BCUT2D eigenvalue weighted by atomic mass is 9.73. The second-order valence-electron chi connectivity index (χ2n) is 17.4. The van der Waals surface area contributed by atoms with Crippen molar-refractivity contribution in [3.8, 4) is 5.75 Å². The van der Waals surface area contributed by atoms with E-state index in [2.05, 4.69) is 127 Å². The number of hydrogen-bond acceptors (Lipinski definition) is 4. The number of allylic oxidation sites excluding steroid dienone is 7. The van der Waals surface area contributed by atoms with Crippen molar-refractivity contribution in [3.05, 3.63) is 86.2 Å². The second-order valence-corrected chi connectivity index (χ2v) is 18.5. The molecule has 0 fully saturated rings. The summed E-state index contributed by atoms with van der Waals surface area (Å²) in [6.45, 7) is 31.4. The number of phenolic OH excluding ortho intramolecular Hbond substituents is 1. The molecule has 4 nitrogen and oxygen atoms in total. The standard InChI is InChI=1S/C40H59O4P/c1-25-17-18-28-29-21-26(2)22-33(39(9,10)11)35(29)43-45(44-36(30(28)20-25)40(12,13)14)42-19-15-16-27-23-31(37(3,4)5)34(41)32(24-27)38(6,7)8/h20-24,35,41H,15-19H2,1-14H3/b29-28-,36-30?. The molecule has 0 aromatic heterocycles. The van der Waals surface area contributed by atoms with Crippen LogP contribution in [0.4, 0.5) is 0 Å². The first kappa shape index (κ1) is 35.7. The first-order chi connectivity index (χ1) is 20.6. The molecule has 0 saturated heterocycles. The first-order valence-corrected chi connectivity index (χ1v) is 17.9. The van der Waals surface area contributed by atoms with Gasteiger partial charge in [-0.25, -0.2) is 0 Å². The Morgan fingerprint density at radius 2 is 1.40 bits per heavy atom. The molecule has 5 heteroatoms. The van der Waals surface area contributed by atoms with Gasteiger partial charge < -0.3 is 14.2 Å². The summed E-state index contributed by atoms with van der Waals surface area (Å²) in [4.78, 5) is 0. The Morgan fingerprint density at radius 1 is 0.800 bits per heavy atom. The van der Waals surface area contributed by atoms with Crippen LogP contribution in [0.2, 0.25) is 0 Å². The van der Waals surface area contributed by atoms with Crippen molar-refractivity contribution >= 4 is 8.60 Å². The third-order valence-electron chi connectivity index (χ3n) is 8.91. The van der Waals surface area contributed by atoms with Crippen molar-refractivity contribution in [3.63, 3.8) is 0 Å². The molecule has 1 aromatic rings. The van der Waals surface area contributed by atoms with Crippen LogP contribution in [0.15, 0.2) is 69.6 Å². The minimum Gasteiger partial charge on any atom is -0.507 e. The molecular weight excluding hydrogens is 575 g/mol. The molecule has 1 heterocycles. The highest BCUT2D eigenvalue weighted by molar-refractivity contribution is 7.41. The summed E-state index contributed by atoms with van der Waals surface area (Å²) in [6, 6.07) is 4.35. The normalized spacial score (nSPS) is 23.3. The number of benzene rings is 1. The smallest absolute Gasteiger partial charge is 0.397 e. The lowest BCUT2D eigenvalue weighted by molar-refractivity contribution is 0.138. The zero-order valence-electron chi connectivity index (χ0n) is 30.6. The lowest BCUT2D eigenvalue weighted by Gasteiger charge is -2.40. The topological polar surface area (TPSA) is 47.9 Å². The van der Waals surface area contributed by atoms with Gasteiger partial charge in [0.1, 0.15) is 17.6 Å². The SMILES string of the molecule is CC1=C/C2=C3\CCC(C)=CC3=C(C(C)(C)C)OP(OCCCc3cc(C(C)(C)C)c(O)c(C(C)(C)C)c3)OC2C(C(C)(C)C)=C1. The third-order valence-corrected chi connectivity index (χ3v) is 10.0. The third kappa shape index (κ3) is 8.24. The van der Waals surface area contributed by atoms with Crippen LogP contribution >= 0.6 is 8.60 Å². The van der Waals surface area contributed by atoms with Crippen LogP contribution in [0.3, 0.4) is 0 Å². The molecule has 0 spiro atoms. The van der Waals surface area contributed by atoms with Crippen molar-refractivity contribution in [2.24, 2.45) is 10.8 Å². The van der Waals surface area contributed by atoms with Crippen molar-refractivity contribution in [2.75, 3.05) is 6.61 Å². The van der Waals surface area contributed by atoms with Crippen LogP contribution in [0.25, 0.3) is 0 Å². The van der Waals surface area contributed by atoms with Gasteiger partial charge in [0.05, 0.1) is 6.61 Å². The Hall–Kier alpha value is -2.13. The molecule has 1 aliphatic heterocycles. The molecule has 2 aliphatic carbocycles. The molecule has 248 valence electrons. The van der Waals surface area contributed by atoms with Gasteiger partial charge in [0.25, 0.3) is 0 Å². The van der Waals surface area contributed by atoms with E-state index in [-0.39, 0.29) is 27.8 Å². The Morgan fingerprint density at radius 3 is 1.93 bits per heavy atom. The van der Waals surface area contributed by atoms with Gasteiger partial charge in [-0.3, -0.25) is 4.52 Å². The zero-order chi connectivity index (χ0) is 33.7. The molecule has 4 rings (SSSR count). The number of fused-ring (bicyclic) bond motifs is 2. The summed E-state index contributed by atoms with van der Waals surface area (Å²) in [5.74, 6) is 1.38. The highest BCUT2D eigenvalue weighted by atomic mass is 31.2. The largest absolute Gasteiger partial charge is 0.507 e. The molecule has 0 amide bonds. The fourth-order valence-electron chi connectivity index (χ4n) is 6.41. The Bertz CT molecular complexity index is 1420. The van der Waals surface area contributed by atoms with Crippen molar-refractivity contribution in [1.82, 2.24) is 0 Å². The molecule has 3 aliphatic rings. The fraction of sp³-hybridized carbons (Fsp3) is 0.600. The van der Waals surface area contributed by atoms with Crippen LogP contribution in [0, 0.1) is 10.8 Å². The molecule has 1 aromatic carbocycles. The van der Waals surface area contributed by atoms with Gasteiger partial charge in [0.15, 0.2) is 0 Å². The van der Waals surface area contributed by atoms with Crippen molar-refractivity contribution in [1.29, 1.82) is 0 Å². The second kappa shape index (κ2) is 12.8. The van der Waals surface area contributed by atoms with E-state index in [4.69, 9.17) is 13.6 Å². The quantitative estimate of drug-likeness (QED) is 0.259. The van der Waals surface area contributed by atoms with E-state index < -0.39 is 8.60 Å². The van der Waals surface area contributed by atoms with E-state index in [0.717, 1.165) is 42.6 Å². The summed E-state index contributed by atoms with van der Waals surface area (Å²) < 4.78 is 20.4. The van der Waals surface area contributed by atoms with Crippen molar-refractivity contribution in [2.45, 2.75) is 140 Å². The molecule has 0 bridgehead atoms. The highest BCUT2D eigenvalue weighted by Gasteiger charge is 2.40. The van der Waals surface area contributed by atoms with Gasteiger partial charge in [-0.15, -0.1) is 0 Å². The van der Waals surface area contributed by atoms with E-state index in [1.54, 1.807) is 0 Å². The fourth-order valence-corrected chi connectivity index (χ4v) is 7.77. The number of hydrogen-bond donors (Lipinski definition) is 1. The molecule has 0 radical (unpaired) electrons. The monoisotopic (exact) mass is 634 g/mol. The molecule has 1 N–H and O–H groups in total. The number of phenols is 1. The average Bonchev–Trinajstić information content (AvgIpc) is 2.87. The van der Waals surface area contributed by atoms with Gasteiger partial charge in [-0.2, -0.15) is 0 Å². The van der Waals surface area contributed by atoms with E-state index >= 15 is 0 Å². The van der Waals surface area contributed by atoms with Crippen LogP contribution in [-0.4, -0.2) is 17.8 Å². The Kier molecular flexibility index (Phi) is 10.2. The zero-order valence-corrected chi connectivity index (χ0v) is 31.5. The molecule has 0 saturated carbocycles.